The molecule has 0 saturated heterocycles. The van der Waals surface area contributed by atoms with Crippen molar-refractivity contribution in [1.82, 2.24) is 9.66 Å². The van der Waals surface area contributed by atoms with Crippen LogP contribution in [0.15, 0.2) is 44.0 Å². The lowest BCUT2D eigenvalue weighted by atomic mass is 10.2. The number of nitrogens with zero attached hydrogens (tertiary/aromatic N) is 3. The summed E-state index contributed by atoms with van der Waals surface area (Å²) in [4.78, 5) is 18.0. The first-order chi connectivity index (χ1) is 10.1. The van der Waals surface area contributed by atoms with Crippen LogP contribution in [-0.4, -0.2) is 15.9 Å². The summed E-state index contributed by atoms with van der Waals surface area (Å²) in [5.41, 5.74) is 1.66. The number of fused-ring (bicyclic) bond motifs is 1. The fourth-order valence-corrected chi connectivity index (χ4v) is 3.16. The maximum Gasteiger partial charge on any atom is 0.282 e. The summed E-state index contributed by atoms with van der Waals surface area (Å²) < 4.78 is 2.19. The standard InChI is InChI=1S/C15H12BrN3OS/c1-9-5-6-21-14(9)8-17-19-10(2)18-13-4-3-11(16)7-12(13)15(19)20/h3-8H,1-2H3. The van der Waals surface area contributed by atoms with E-state index in [1.54, 1.807) is 30.5 Å². The molecule has 0 unspecified atom stereocenters. The molecule has 2 aromatic heterocycles. The highest BCUT2D eigenvalue weighted by Crippen LogP contribution is 2.16. The van der Waals surface area contributed by atoms with Gasteiger partial charge in [0.05, 0.1) is 22.0 Å². The van der Waals surface area contributed by atoms with Crippen molar-refractivity contribution in [3.05, 3.63) is 60.7 Å². The van der Waals surface area contributed by atoms with E-state index in [0.717, 1.165) is 14.9 Å². The summed E-state index contributed by atoms with van der Waals surface area (Å²) in [6, 6.07) is 7.49. The van der Waals surface area contributed by atoms with Crippen LogP contribution in [0.3, 0.4) is 0 Å². The molecule has 0 bridgehead atoms. The lowest BCUT2D eigenvalue weighted by Crippen LogP contribution is -2.20. The van der Waals surface area contributed by atoms with Gasteiger partial charge < -0.3 is 0 Å². The van der Waals surface area contributed by atoms with Crippen LogP contribution in [0.1, 0.15) is 16.3 Å². The molecular formula is C15H12BrN3OS. The topological polar surface area (TPSA) is 47.2 Å². The number of benzene rings is 1. The zero-order valence-electron chi connectivity index (χ0n) is 11.5. The van der Waals surface area contributed by atoms with Crippen molar-refractivity contribution in [3.8, 4) is 0 Å². The highest BCUT2D eigenvalue weighted by atomic mass is 79.9. The molecule has 0 amide bonds. The molecule has 6 heteroatoms. The van der Waals surface area contributed by atoms with Gasteiger partial charge >= 0.3 is 0 Å². The van der Waals surface area contributed by atoms with Gasteiger partial charge in [-0.1, -0.05) is 15.9 Å². The Morgan fingerprint density at radius 1 is 1.33 bits per heavy atom. The Labute approximate surface area is 133 Å². The highest BCUT2D eigenvalue weighted by molar-refractivity contribution is 9.10. The first-order valence-electron chi connectivity index (χ1n) is 6.33. The monoisotopic (exact) mass is 361 g/mol. The zero-order chi connectivity index (χ0) is 15.0. The number of hydrogen-bond acceptors (Lipinski definition) is 4. The summed E-state index contributed by atoms with van der Waals surface area (Å²) in [6.07, 6.45) is 1.71. The second kappa shape index (κ2) is 5.54. The van der Waals surface area contributed by atoms with Crippen LogP contribution in [-0.2, 0) is 0 Å². The predicted octanol–water partition coefficient (Wildman–Crippen LogP) is 3.72. The SMILES string of the molecule is Cc1ccsc1C=Nn1c(C)nc2ccc(Br)cc2c1=O. The van der Waals surface area contributed by atoms with Gasteiger partial charge in [0, 0.05) is 4.47 Å². The third kappa shape index (κ3) is 2.69. The van der Waals surface area contributed by atoms with Crippen LogP contribution in [0.4, 0.5) is 0 Å². The Kier molecular flexibility index (Phi) is 3.73. The van der Waals surface area contributed by atoms with Gasteiger partial charge in [0.25, 0.3) is 5.56 Å². The molecule has 0 radical (unpaired) electrons. The van der Waals surface area contributed by atoms with E-state index in [9.17, 15) is 4.79 Å². The lowest BCUT2D eigenvalue weighted by molar-refractivity contribution is 0.771. The molecule has 0 N–H and O–H groups in total. The third-order valence-electron chi connectivity index (χ3n) is 3.16. The smallest absolute Gasteiger partial charge is 0.267 e. The zero-order valence-corrected chi connectivity index (χ0v) is 13.9. The van der Waals surface area contributed by atoms with Gasteiger partial charge in [-0.15, -0.1) is 11.3 Å². The number of halogens is 1. The van der Waals surface area contributed by atoms with E-state index < -0.39 is 0 Å². The van der Waals surface area contributed by atoms with Crippen LogP contribution in [0.25, 0.3) is 10.9 Å². The normalized spacial score (nSPS) is 11.6. The van der Waals surface area contributed by atoms with E-state index in [1.165, 1.54) is 4.68 Å². The van der Waals surface area contributed by atoms with Crippen molar-refractivity contribution in [2.24, 2.45) is 5.10 Å². The summed E-state index contributed by atoms with van der Waals surface area (Å²) in [5.74, 6) is 0.570. The molecule has 2 heterocycles. The quantitative estimate of drug-likeness (QED) is 0.653. The molecule has 0 saturated carbocycles. The summed E-state index contributed by atoms with van der Waals surface area (Å²) in [6.45, 7) is 3.80. The van der Waals surface area contributed by atoms with E-state index >= 15 is 0 Å². The second-order valence-corrected chi connectivity index (χ2v) is 6.51. The maximum absolute atomic E-state index is 12.5. The van der Waals surface area contributed by atoms with Crippen LogP contribution in [0.2, 0.25) is 0 Å². The molecule has 0 fully saturated rings. The molecule has 3 aromatic rings. The van der Waals surface area contributed by atoms with Crippen molar-refractivity contribution in [1.29, 1.82) is 0 Å². The lowest BCUT2D eigenvalue weighted by Gasteiger charge is -2.05. The largest absolute Gasteiger partial charge is 0.282 e. The molecule has 0 atom stereocenters. The molecule has 21 heavy (non-hydrogen) atoms. The molecule has 0 aliphatic rings. The van der Waals surface area contributed by atoms with E-state index in [1.807, 2.05) is 30.5 Å². The molecular weight excluding hydrogens is 350 g/mol. The Balaban J connectivity index is 2.17. The summed E-state index contributed by atoms with van der Waals surface area (Å²) >= 11 is 4.97. The number of aryl methyl sites for hydroxylation is 2. The average Bonchev–Trinajstić information content (AvgIpc) is 2.85. The molecule has 106 valence electrons. The first-order valence-corrected chi connectivity index (χ1v) is 8.01. The second-order valence-electron chi connectivity index (χ2n) is 4.65. The third-order valence-corrected chi connectivity index (χ3v) is 4.61. The minimum Gasteiger partial charge on any atom is -0.267 e. The highest BCUT2D eigenvalue weighted by Gasteiger charge is 2.07. The molecule has 3 rings (SSSR count). The van der Waals surface area contributed by atoms with E-state index in [2.05, 4.69) is 26.0 Å². The average molecular weight is 362 g/mol. The van der Waals surface area contributed by atoms with Crippen molar-refractivity contribution in [2.45, 2.75) is 13.8 Å². The predicted molar refractivity (Wildman–Crippen MR) is 90.5 cm³/mol. The first kappa shape index (κ1) is 14.2. The maximum atomic E-state index is 12.5. The number of hydrogen-bond donors (Lipinski definition) is 0. The molecule has 0 aliphatic heterocycles. The van der Waals surface area contributed by atoms with Gasteiger partial charge in [-0.25, -0.2) is 4.98 Å². The van der Waals surface area contributed by atoms with Gasteiger partial charge in [0.15, 0.2) is 0 Å². The van der Waals surface area contributed by atoms with Crippen LogP contribution >= 0.6 is 27.3 Å². The Hall–Kier alpha value is -1.79. The summed E-state index contributed by atoms with van der Waals surface area (Å²) in [5, 5.41) is 6.85. The Morgan fingerprint density at radius 3 is 2.86 bits per heavy atom. The molecule has 4 nitrogen and oxygen atoms in total. The van der Waals surface area contributed by atoms with Gasteiger partial charge in [-0.05, 0) is 49.1 Å². The molecule has 1 aromatic carbocycles. The fourth-order valence-electron chi connectivity index (χ4n) is 2.02. The van der Waals surface area contributed by atoms with E-state index in [4.69, 9.17) is 0 Å². The summed E-state index contributed by atoms with van der Waals surface area (Å²) in [7, 11) is 0. The Bertz CT molecular complexity index is 911. The minimum absolute atomic E-state index is 0.163. The van der Waals surface area contributed by atoms with Crippen molar-refractivity contribution >= 4 is 44.4 Å². The van der Waals surface area contributed by atoms with Gasteiger partial charge in [-0.3, -0.25) is 4.79 Å². The van der Waals surface area contributed by atoms with Gasteiger partial charge in [0.1, 0.15) is 5.82 Å². The van der Waals surface area contributed by atoms with Crippen LogP contribution < -0.4 is 5.56 Å². The fraction of sp³-hybridized carbons (Fsp3) is 0.133. The molecule has 0 aliphatic carbocycles. The van der Waals surface area contributed by atoms with Crippen molar-refractivity contribution < 1.29 is 0 Å². The van der Waals surface area contributed by atoms with E-state index in [0.29, 0.717) is 16.7 Å². The number of aromatic nitrogens is 2. The van der Waals surface area contributed by atoms with Gasteiger partial charge in [-0.2, -0.15) is 9.78 Å². The van der Waals surface area contributed by atoms with Crippen molar-refractivity contribution in [2.75, 3.05) is 0 Å². The molecule has 0 spiro atoms. The van der Waals surface area contributed by atoms with Crippen LogP contribution in [0, 0.1) is 13.8 Å². The van der Waals surface area contributed by atoms with Gasteiger partial charge in [0.2, 0.25) is 0 Å². The number of thiophene rings is 1. The van der Waals surface area contributed by atoms with Crippen molar-refractivity contribution in [3.63, 3.8) is 0 Å². The van der Waals surface area contributed by atoms with Crippen LogP contribution in [0.5, 0.6) is 0 Å². The Morgan fingerprint density at radius 2 is 2.14 bits per heavy atom. The van der Waals surface area contributed by atoms with E-state index in [-0.39, 0.29) is 5.56 Å². The minimum atomic E-state index is -0.163. The number of rotatable bonds is 2.